The van der Waals surface area contributed by atoms with Crippen molar-refractivity contribution in [2.45, 2.75) is 29.9 Å². The molecule has 2 atom stereocenters. The molecule has 2 unspecified atom stereocenters. The molecule has 1 aliphatic rings. The van der Waals surface area contributed by atoms with E-state index < -0.39 is 6.10 Å². The fourth-order valence-electron chi connectivity index (χ4n) is 1.75. The molecular weight excluding hydrogens is 244 g/mol. The first-order valence-corrected chi connectivity index (χ1v) is 6.81. The molecule has 1 aromatic rings. The summed E-state index contributed by atoms with van der Waals surface area (Å²) in [6.07, 6.45) is 1.63. The van der Waals surface area contributed by atoms with Gasteiger partial charge in [0.15, 0.2) is 0 Å². The third-order valence-corrected chi connectivity index (χ3v) is 4.26. The summed E-state index contributed by atoms with van der Waals surface area (Å²) < 4.78 is 5.44. The second-order valence-corrected chi connectivity index (χ2v) is 5.33. The number of ether oxygens (including phenoxy) is 1. The molecule has 0 radical (unpaired) electrons. The Bertz CT molecular complexity index is 340. The maximum atomic E-state index is 9.91. The number of hydrogen-bond donors (Lipinski definition) is 1. The third kappa shape index (κ3) is 3.14. The van der Waals surface area contributed by atoms with Gasteiger partial charge < -0.3 is 9.84 Å². The lowest BCUT2D eigenvalue weighted by molar-refractivity contribution is 0.0110. The van der Waals surface area contributed by atoms with E-state index in [0.717, 1.165) is 29.4 Å². The Balaban J connectivity index is 1.84. The number of halogens is 1. The molecule has 1 aliphatic heterocycles. The summed E-state index contributed by atoms with van der Waals surface area (Å²) in [4.78, 5) is 1.02. The lowest BCUT2D eigenvalue weighted by Crippen LogP contribution is -2.27. The van der Waals surface area contributed by atoms with Crippen molar-refractivity contribution in [3.05, 3.63) is 29.3 Å². The van der Waals surface area contributed by atoms with E-state index >= 15 is 0 Å². The number of hydrogen-bond acceptors (Lipinski definition) is 3. The standard InChI is InChI=1S/C12H15ClO2S/c13-9-4-1-2-6-12(9)16-8-10(14)11-5-3-7-15-11/h1-2,4,6,10-11,14H,3,5,7-8H2. The minimum Gasteiger partial charge on any atom is -0.390 e. The van der Waals surface area contributed by atoms with Crippen molar-refractivity contribution >= 4 is 23.4 Å². The van der Waals surface area contributed by atoms with Crippen LogP contribution in [0.2, 0.25) is 5.02 Å². The maximum Gasteiger partial charge on any atom is 0.0895 e. The highest BCUT2D eigenvalue weighted by molar-refractivity contribution is 7.99. The molecule has 0 bridgehead atoms. The van der Waals surface area contributed by atoms with Crippen LogP contribution in [0.4, 0.5) is 0 Å². The predicted octanol–water partition coefficient (Wildman–Crippen LogP) is 2.97. The number of rotatable bonds is 4. The van der Waals surface area contributed by atoms with E-state index in [9.17, 15) is 5.11 Å². The average Bonchev–Trinajstić information content (AvgIpc) is 2.81. The van der Waals surface area contributed by atoms with Crippen molar-refractivity contribution in [1.29, 1.82) is 0 Å². The van der Waals surface area contributed by atoms with Gasteiger partial charge >= 0.3 is 0 Å². The fraction of sp³-hybridized carbons (Fsp3) is 0.500. The maximum absolute atomic E-state index is 9.91. The van der Waals surface area contributed by atoms with E-state index in [0.29, 0.717) is 5.75 Å². The largest absolute Gasteiger partial charge is 0.390 e. The Morgan fingerprint density at radius 3 is 3.00 bits per heavy atom. The van der Waals surface area contributed by atoms with Crippen molar-refractivity contribution < 1.29 is 9.84 Å². The number of aliphatic hydroxyl groups excluding tert-OH is 1. The molecule has 0 saturated carbocycles. The molecular formula is C12H15ClO2S. The summed E-state index contributed by atoms with van der Waals surface area (Å²) in [5, 5.41) is 10.7. The lowest BCUT2D eigenvalue weighted by Gasteiger charge is -2.17. The van der Waals surface area contributed by atoms with Crippen molar-refractivity contribution in [3.8, 4) is 0 Å². The van der Waals surface area contributed by atoms with Crippen LogP contribution in [0, 0.1) is 0 Å². The highest BCUT2D eigenvalue weighted by atomic mass is 35.5. The molecule has 4 heteroatoms. The van der Waals surface area contributed by atoms with Gasteiger partial charge in [-0.25, -0.2) is 0 Å². The first kappa shape index (κ1) is 12.2. The molecule has 1 fully saturated rings. The average molecular weight is 259 g/mol. The van der Waals surface area contributed by atoms with Gasteiger partial charge in [0.05, 0.1) is 17.2 Å². The molecule has 0 amide bonds. The van der Waals surface area contributed by atoms with Crippen LogP contribution in [0.15, 0.2) is 29.2 Å². The van der Waals surface area contributed by atoms with Gasteiger partial charge in [0.2, 0.25) is 0 Å². The van der Waals surface area contributed by atoms with Crippen LogP contribution in [-0.4, -0.2) is 29.7 Å². The molecule has 88 valence electrons. The summed E-state index contributed by atoms with van der Waals surface area (Å²) >= 11 is 7.61. The van der Waals surface area contributed by atoms with E-state index in [1.54, 1.807) is 11.8 Å². The number of thioether (sulfide) groups is 1. The molecule has 0 aromatic heterocycles. The SMILES string of the molecule is OC(CSc1ccccc1Cl)C1CCCO1. The Hall–Kier alpha value is -0.220. The molecule has 1 aromatic carbocycles. The van der Waals surface area contributed by atoms with E-state index in [2.05, 4.69) is 0 Å². The zero-order valence-electron chi connectivity index (χ0n) is 8.93. The van der Waals surface area contributed by atoms with E-state index in [1.165, 1.54) is 0 Å². The van der Waals surface area contributed by atoms with Crippen LogP contribution in [0.3, 0.4) is 0 Å². The second-order valence-electron chi connectivity index (χ2n) is 3.86. The summed E-state index contributed by atoms with van der Waals surface area (Å²) in [6, 6.07) is 7.69. The van der Waals surface area contributed by atoms with Crippen molar-refractivity contribution in [3.63, 3.8) is 0 Å². The molecule has 16 heavy (non-hydrogen) atoms. The normalized spacial score (nSPS) is 22.2. The Labute approximate surface area is 105 Å². The van der Waals surface area contributed by atoms with E-state index in [4.69, 9.17) is 16.3 Å². The van der Waals surface area contributed by atoms with Crippen molar-refractivity contribution in [2.24, 2.45) is 0 Å². The third-order valence-electron chi connectivity index (χ3n) is 2.64. The number of aliphatic hydroxyl groups is 1. The van der Waals surface area contributed by atoms with Crippen LogP contribution in [0.25, 0.3) is 0 Å². The number of benzene rings is 1. The van der Waals surface area contributed by atoms with Gasteiger partial charge in [-0.3, -0.25) is 0 Å². The molecule has 0 aliphatic carbocycles. The Morgan fingerprint density at radius 1 is 1.50 bits per heavy atom. The van der Waals surface area contributed by atoms with Crippen LogP contribution in [0.1, 0.15) is 12.8 Å². The molecule has 1 heterocycles. The predicted molar refractivity (Wildman–Crippen MR) is 67.2 cm³/mol. The van der Waals surface area contributed by atoms with Gasteiger partial charge in [-0.1, -0.05) is 23.7 Å². The van der Waals surface area contributed by atoms with Gasteiger partial charge in [0, 0.05) is 17.3 Å². The second kappa shape index (κ2) is 5.92. The first-order chi connectivity index (χ1) is 7.77. The molecule has 2 rings (SSSR count). The minimum atomic E-state index is -0.399. The van der Waals surface area contributed by atoms with E-state index in [1.807, 2.05) is 24.3 Å². The van der Waals surface area contributed by atoms with Crippen molar-refractivity contribution in [1.82, 2.24) is 0 Å². The molecule has 2 nitrogen and oxygen atoms in total. The molecule has 1 N–H and O–H groups in total. The summed E-state index contributed by atoms with van der Waals surface area (Å²) in [7, 11) is 0. The van der Waals surface area contributed by atoms with Crippen LogP contribution in [0.5, 0.6) is 0 Å². The zero-order valence-corrected chi connectivity index (χ0v) is 10.5. The monoisotopic (exact) mass is 258 g/mol. The van der Waals surface area contributed by atoms with Gasteiger partial charge in [-0.05, 0) is 25.0 Å². The van der Waals surface area contributed by atoms with Gasteiger partial charge in [-0.15, -0.1) is 11.8 Å². The van der Waals surface area contributed by atoms with Gasteiger partial charge in [0.1, 0.15) is 0 Å². The Kier molecular flexibility index (Phi) is 4.53. The van der Waals surface area contributed by atoms with Gasteiger partial charge in [0.25, 0.3) is 0 Å². The highest BCUT2D eigenvalue weighted by Crippen LogP contribution is 2.28. The minimum absolute atomic E-state index is 0.00925. The lowest BCUT2D eigenvalue weighted by atomic mass is 10.1. The molecule has 1 saturated heterocycles. The van der Waals surface area contributed by atoms with Gasteiger partial charge in [-0.2, -0.15) is 0 Å². The fourth-order valence-corrected chi connectivity index (χ4v) is 3.00. The smallest absolute Gasteiger partial charge is 0.0895 e. The summed E-state index contributed by atoms with van der Waals surface area (Å²) in [5.41, 5.74) is 0. The quantitative estimate of drug-likeness (QED) is 0.842. The first-order valence-electron chi connectivity index (χ1n) is 5.44. The summed E-state index contributed by atoms with van der Waals surface area (Å²) in [5.74, 6) is 0.633. The van der Waals surface area contributed by atoms with Crippen LogP contribution >= 0.6 is 23.4 Å². The van der Waals surface area contributed by atoms with E-state index in [-0.39, 0.29) is 6.10 Å². The zero-order chi connectivity index (χ0) is 11.4. The van der Waals surface area contributed by atoms with Crippen molar-refractivity contribution in [2.75, 3.05) is 12.4 Å². The topological polar surface area (TPSA) is 29.5 Å². The van der Waals surface area contributed by atoms with Crippen LogP contribution < -0.4 is 0 Å². The Morgan fingerprint density at radius 2 is 2.31 bits per heavy atom. The van der Waals surface area contributed by atoms with Crippen LogP contribution in [-0.2, 0) is 4.74 Å². The highest BCUT2D eigenvalue weighted by Gasteiger charge is 2.24. The summed E-state index contributed by atoms with van der Waals surface area (Å²) in [6.45, 7) is 0.776. The molecule has 0 spiro atoms.